The lowest BCUT2D eigenvalue weighted by molar-refractivity contribution is 0.591. The molecule has 2 aliphatic heterocycles. The number of rotatable bonds is 1. The molecule has 0 N–H and O–H groups in total. The van der Waals surface area contributed by atoms with Crippen LogP contribution in [0.2, 0.25) is 0 Å². The summed E-state index contributed by atoms with van der Waals surface area (Å²) in [6.07, 6.45) is 3.50. The molecule has 0 amide bonds. The van der Waals surface area contributed by atoms with E-state index in [1.807, 2.05) is 12.3 Å². The van der Waals surface area contributed by atoms with Crippen LogP contribution in [0.4, 0.5) is 0 Å². The van der Waals surface area contributed by atoms with Crippen molar-refractivity contribution in [3.8, 4) is 22.6 Å². The van der Waals surface area contributed by atoms with Crippen LogP contribution >= 0.6 is 0 Å². The quantitative estimate of drug-likeness (QED) is 0.177. The molecule has 0 atom stereocenters. The first-order chi connectivity index (χ1) is 22.6. The van der Waals surface area contributed by atoms with Crippen LogP contribution in [0.1, 0.15) is 52.7 Å². The summed E-state index contributed by atoms with van der Waals surface area (Å²) in [6.45, 7) is 13.9. The lowest BCUT2D eigenvalue weighted by atomic mass is 9.34. The summed E-state index contributed by atoms with van der Waals surface area (Å²) >= 11 is 0. The monoisotopic (exact) mass is 606 g/mol. The highest BCUT2D eigenvalue weighted by atomic mass is 15.0. The molecule has 5 heterocycles. The van der Waals surface area contributed by atoms with Crippen molar-refractivity contribution >= 4 is 66.7 Å². The molecule has 5 heteroatoms. The van der Waals surface area contributed by atoms with Crippen LogP contribution in [0, 0.1) is 0 Å². The van der Waals surface area contributed by atoms with E-state index in [2.05, 4.69) is 141 Å². The maximum absolute atomic E-state index is 4.74. The molecule has 0 radical (unpaired) electrons. The van der Waals surface area contributed by atoms with Gasteiger partial charge in [0.25, 0.3) is 6.71 Å². The summed E-state index contributed by atoms with van der Waals surface area (Å²) in [5, 5.41) is 5.26. The zero-order valence-electron chi connectivity index (χ0n) is 27.7. The van der Waals surface area contributed by atoms with E-state index < -0.39 is 0 Å². The number of aromatic nitrogens is 4. The van der Waals surface area contributed by atoms with Gasteiger partial charge in [-0.1, -0.05) is 90.1 Å². The van der Waals surface area contributed by atoms with Gasteiger partial charge in [0, 0.05) is 55.7 Å². The van der Waals surface area contributed by atoms with Crippen molar-refractivity contribution in [2.45, 2.75) is 52.4 Å². The van der Waals surface area contributed by atoms with Crippen LogP contribution in [0.3, 0.4) is 0 Å². The van der Waals surface area contributed by atoms with Crippen molar-refractivity contribution in [3.05, 3.63) is 115 Å². The number of hydrogen-bond acceptors (Lipinski definition) is 2. The van der Waals surface area contributed by atoms with Gasteiger partial charge in [-0.3, -0.25) is 0 Å². The Kier molecular flexibility index (Phi) is 5.06. The molecule has 0 bridgehead atoms. The molecule has 226 valence electrons. The molecule has 0 saturated carbocycles. The predicted octanol–water partition coefficient (Wildman–Crippen LogP) is 8.08. The second-order valence-corrected chi connectivity index (χ2v) is 15.6. The van der Waals surface area contributed by atoms with Gasteiger partial charge in [-0.25, -0.2) is 9.97 Å². The van der Waals surface area contributed by atoms with Gasteiger partial charge < -0.3 is 9.13 Å². The molecule has 5 aromatic carbocycles. The molecule has 10 rings (SSSR count). The van der Waals surface area contributed by atoms with Gasteiger partial charge in [0.2, 0.25) is 0 Å². The van der Waals surface area contributed by atoms with Gasteiger partial charge in [-0.15, -0.1) is 0 Å². The fraction of sp³-hybridized carbons (Fsp3) is 0.190. The van der Waals surface area contributed by atoms with Crippen LogP contribution in [-0.4, -0.2) is 25.8 Å². The van der Waals surface area contributed by atoms with Crippen molar-refractivity contribution in [2.24, 2.45) is 0 Å². The molecular formula is C42H35BN4. The molecule has 0 fully saturated rings. The lowest BCUT2D eigenvalue weighted by Gasteiger charge is -2.34. The topological polar surface area (TPSA) is 35.6 Å². The number of benzene rings is 5. The molecule has 0 saturated heterocycles. The normalized spacial score (nSPS) is 13.7. The number of hydrogen-bond donors (Lipinski definition) is 0. The third-order valence-electron chi connectivity index (χ3n) is 10.8. The average Bonchev–Trinajstić information content (AvgIpc) is 3.58. The Hall–Kier alpha value is -5.16. The molecule has 0 spiro atoms. The highest BCUT2D eigenvalue weighted by Gasteiger charge is 2.41. The van der Waals surface area contributed by atoms with E-state index >= 15 is 0 Å². The first-order valence-corrected chi connectivity index (χ1v) is 16.7. The van der Waals surface area contributed by atoms with Gasteiger partial charge in [-0.05, 0) is 80.8 Å². The SMILES string of the molecule is CC(C)(C)c1ccc2c(c1)c1cccc3c1n2-c1cc(-c2ccncn2)cc2c1B3c1cccc3c4cc(C(C)(C)C)ccc4n-2c13. The van der Waals surface area contributed by atoms with E-state index in [9.17, 15) is 0 Å². The smallest absolute Gasteiger partial charge is 0.252 e. The summed E-state index contributed by atoms with van der Waals surface area (Å²) in [5.41, 5.74) is 16.6. The Balaban J connectivity index is 1.41. The number of nitrogens with zero attached hydrogens (tertiary/aromatic N) is 4. The Labute approximate surface area is 274 Å². The van der Waals surface area contributed by atoms with Gasteiger partial charge in [-0.2, -0.15) is 0 Å². The highest BCUT2D eigenvalue weighted by Crippen LogP contribution is 2.42. The standard InChI is InChI=1S/C42H35BN4/c1-41(2,3)25-13-15-34-29(21-25)27-9-7-11-31-39(27)46(34)36-19-24(33-17-18-44-23-45-33)20-37-38(36)43(31)32-12-8-10-28-30-22-26(42(4,5)6)14-16-35(30)47(37)40(28)32/h7-23H,1-6H3. The Bertz CT molecular complexity index is 2480. The van der Waals surface area contributed by atoms with Gasteiger partial charge >= 0.3 is 0 Å². The van der Waals surface area contributed by atoms with Crippen LogP contribution in [0.5, 0.6) is 0 Å². The van der Waals surface area contributed by atoms with Crippen molar-refractivity contribution < 1.29 is 0 Å². The molecule has 0 aliphatic carbocycles. The molecular weight excluding hydrogens is 571 g/mol. The summed E-state index contributed by atoms with van der Waals surface area (Å²) < 4.78 is 5.09. The largest absolute Gasteiger partial charge is 0.310 e. The molecule has 4 nitrogen and oxygen atoms in total. The van der Waals surface area contributed by atoms with Crippen molar-refractivity contribution in [3.63, 3.8) is 0 Å². The summed E-state index contributed by atoms with van der Waals surface area (Å²) in [4.78, 5) is 8.99. The third-order valence-corrected chi connectivity index (χ3v) is 10.8. The lowest BCUT2D eigenvalue weighted by Crippen LogP contribution is -2.59. The maximum Gasteiger partial charge on any atom is 0.252 e. The van der Waals surface area contributed by atoms with Gasteiger partial charge in [0.05, 0.1) is 16.7 Å². The molecule has 8 aromatic rings. The predicted molar refractivity (Wildman–Crippen MR) is 198 cm³/mol. The Morgan fingerprint density at radius 3 is 1.57 bits per heavy atom. The summed E-state index contributed by atoms with van der Waals surface area (Å²) in [6, 6.07) is 34.9. The van der Waals surface area contributed by atoms with Crippen molar-refractivity contribution in [2.75, 3.05) is 0 Å². The van der Waals surface area contributed by atoms with E-state index in [1.54, 1.807) is 6.33 Å². The van der Waals surface area contributed by atoms with Crippen LogP contribution in [-0.2, 0) is 10.8 Å². The third kappa shape index (κ3) is 3.49. The minimum absolute atomic E-state index is 0.0597. The summed E-state index contributed by atoms with van der Waals surface area (Å²) in [5.74, 6) is 0. The average molecular weight is 607 g/mol. The second kappa shape index (κ2) is 8.80. The minimum Gasteiger partial charge on any atom is -0.310 e. The van der Waals surface area contributed by atoms with Crippen LogP contribution in [0.25, 0.3) is 66.2 Å². The van der Waals surface area contributed by atoms with Crippen LogP contribution < -0.4 is 16.4 Å². The van der Waals surface area contributed by atoms with Crippen molar-refractivity contribution in [1.29, 1.82) is 0 Å². The summed E-state index contributed by atoms with van der Waals surface area (Å²) in [7, 11) is 0. The second-order valence-electron chi connectivity index (χ2n) is 15.6. The van der Waals surface area contributed by atoms with Gasteiger partial charge in [0.15, 0.2) is 0 Å². The number of fused-ring (bicyclic) bond motifs is 10. The van der Waals surface area contributed by atoms with E-state index in [0.717, 1.165) is 11.3 Å². The van der Waals surface area contributed by atoms with E-state index in [0.29, 0.717) is 0 Å². The first-order valence-electron chi connectivity index (χ1n) is 16.7. The first kappa shape index (κ1) is 27.0. The van der Waals surface area contributed by atoms with E-state index in [1.165, 1.54) is 82.5 Å². The molecule has 47 heavy (non-hydrogen) atoms. The van der Waals surface area contributed by atoms with E-state index in [4.69, 9.17) is 4.98 Å². The molecule has 2 aliphatic rings. The van der Waals surface area contributed by atoms with Crippen LogP contribution in [0.15, 0.2) is 104 Å². The highest BCUT2D eigenvalue weighted by molar-refractivity contribution is 7.00. The van der Waals surface area contributed by atoms with Crippen molar-refractivity contribution in [1.82, 2.24) is 19.1 Å². The zero-order chi connectivity index (χ0) is 32.0. The minimum atomic E-state index is 0.0597. The Morgan fingerprint density at radius 1 is 0.574 bits per heavy atom. The van der Waals surface area contributed by atoms with Gasteiger partial charge in [0.1, 0.15) is 6.33 Å². The maximum atomic E-state index is 4.74. The number of para-hydroxylation sites is 2. The zero-order valence-corrected chi connectivity index (χ0v) is 27.7. The van der Waals surface area contributed by atoms with E-state index in [-0.39, 0.29) is 17.5 Å². The fourth-order valence-corrected chi connectivity index (χ4v) is 8.47. The Morgan fingerprint density at radius 2 is 1.11 bits per heavy atom. The molecule has 3 aromatic heterocycles. The fourth-order valence-electron chi connectivity index (χ4n) is 8.47. The molecule has 0 unspecified atom stereocenters.